The molecule has 2 nitrogen and oxygen atoms in total. The molecule has 0 atom stereocenters. The Bertz CT molecular complexity index is 851. The van der Waals surface area contributed by atoms with E-state index in [9.17, 15) is 4.79 Å². The van der Waals surface area contributed by atoms with Gasteiger partial charge in [-0.2, -0.15) is 0 Å². The predicted octanol–water partition coefficient (Wildman–Crippen LogP) is 4.88. The van der Waals surface area contributed by atoms with Gasteiger partial charge < -0.3 is 4.43 Å². The van der Waals surface area contributed by atoms with Gasteiger partial charge in [0.1, 0.15) is 6.61 Å². The summed E-state index contributed by atoms with van der Waals surface area (Å²) in [5.74, 6) is 0. The molecule has 0 radical (unpaired) electrons. The van der Waals surface area contributed by atoms with Crippen LogP contribution >= 0.6 is 11.8 Å². The number of carbonyl (C=O) groups is 1. The highest BCUT2D eigenvalue weighted by atomic mass is 32.2. The van der Waals surface area contributed by atoms with E-state index in [4.69, 9.17) is 4.43 Å². The summed E-state index contributed by atoms with van der Waals surface area (Å²) in [5.41, 5.74) is 0. The second kappa shape index (κ2) is 8.91. The van der Waals surface area contributed by atoms with Crippen LogP contribution < -0.4 is 10.4 Å². The third-order valence-electron chi connectivity index (χ3n) is 4.80. The molecule has 0 spiro atoms. The van der Waals surface area contributed by atoms with Crippen molar-refractivity contribution in [2.24, 2.45) is 0 Å². The van der Waals surface area contributed by atoms with Crippen LogP contribution in [0.25, 0.3) is 0 Å². The highest BCUT2D eigenvalue weighted by Crippen LogP contribution is 2.37. The van der Waals surface area contributed by atoms with Gasteiger partial charge in [-0.25, -0.2) is 0 Å². The maximum absolute atomic E-state index is 12.7. The maximum atomic E-state index is 12.7. The van der Waals surface area contributed by atoms with E-state index in [-0.39, 0.29) is 16.8 Å². The summed E-state index contributed by atoms with van der Waals surface area (Å²) in [6.45, 7) is 6.74. The number of rotatable bonds is 6. The van der Waals surface area contributed by atoms with Crippen molar-refractivity contribution in [3.63, 3.8) is 0 Å². The van der Waals surface area contributed by atoms with Crippen LogP contribution in [-0.4, -0.2) is 20.0 Å². The topological polar surface area (TPSA) is 26.3 Å². The highest BCUT2D eigenvalue weighted by Gasteiger charge is 2.50. The Morgan fingerprint density at radius 1 is 0.786 bits per heavy atom. The van der Waals surface area contributed by atoms with Gasteiger partial charge in [0.25, 0.3) is 8.32 Å². The zero-order valence-electron chi connectivity index (χ0n) is 16.6. The van der Waals surface area contributed by atoms with Crippen molar-refractivity contribution in [3.05, 3.63) is 91.0 Å². The Morgan fingerprint density at radius 3 is 1.64 bits per heavy atom. The molecular weight excluding hydrogens is 380 g/mol. The average Bonchev–Trinajstić information content (AvgIpc) is 2.70. The molecule has 0 N–H and O–H groups in total. The van der Waals surface area contributed by atoms with Gasteiger partial charge in [-0.1, -0.05) is 99.6 Å². The van der Waals surface area contributed by atoms with Crippen LogP contribution in [0.3, 0.4) is 0 Å². The third kappa shape index (κ3) is 4.46. The Balaban J connectivity index is 1.95. The molecule has 0 amide bonds. The van der Waals surface area contributed by atoms with Gasteiger partial charge in [0.2, 0.25) is 5.12 Å². The van der Waals surface area contributed by atoms with Crippen LogP contribution in [-0.2, 0) is 9.22 Å². The molecule has 0 aliphatic carbocycles. The average molecular weight is 407 g/mol. The van der Waals surface area contributed by atoms with Gasteiger partial charge in [-0.05, 0) is 39.3 Å². The summed E-state index contributed by atoms with van der Waals surface area (Å²) < 4.78 is 6.67. The molecule has 28 heavy (non-hydrogen) atoms. The van der Waals surface area contributed by atoms with Crippen LogP contribution in [0.15, 0.2) is 95.9 Å². The zero-order chi connectivity index (χ0) is 20.0. The van der Waals surface area contributed by atoms with Gasteiger partial charge in [0.05, 0.1) is 0 Å². The molecule has 0 aliphatic rings. The largest absolute Gasteiger partial charge is 0.399 e. The number of thioether (sulfide) groups is 1. The standard InChI is InChI=1S/C24H26O2SSi/c1-24(2,3)28(21-15-9-5-10-16-21,22-17-11-6-12-18-22)26-19-23(25)27-20-13-7-4-8-14-20/h4-18H,19H2,1-3H3. The van der Waals surface area contributed by atoms with Crippen LogP contribution in [0.2, 0.25) is 5.04 Å². The van der Waals surface area contributed by atoms with Crippen molar-refractivity contribution in [1.29, 1.82) is 0 Å². The van der Waals surface area contributed by atoms with Crippen molar-refractivity contribution in [2.45, 2.75) is 30.7 Å². The molecule has 0 saturated carbocycles. The van der Waals surface area contributed by atoms with E-state index in [0.717, 1.165) is 4.90 Å². The molecule has 0 aliphatic heterocycles. The summed E-state index contributed by atoms with van der Waals surface area (Å²) in [7, 11) is -2.66. The molecule has 0 heterocycles. The lowest BCUT2D eigenvalue weighted by Gasteiger charge is -2.42. The predicted molar refractivity (Wildman–Crippen MR) is 121 cm³/mol. The molecule has 0 fully saturated rings. The molecule has 0 unspecified atom stereocenters. The fourth-order valence-corrected chi connectivity index (χ4v) is 8.86. The van der Waals surface area contributed by atoms with E-state index < -0.39 is 8.32 Å². The fraction of sp³-hybridized carbons (Fsp3) is 0.208. The summed E-state index contributed by atoms with van der Waals surface area (Å²) in [4.78, 5) is 13.7. The normalized spacial score (nSPS) is 12.0. The third-order valence-corrected chi connectivity index (χ3v) is 10.6. The summed E-state index contributed by atoms with van der Waals surface area (Å²) >= 11 is 1.24. The number of benzene rings is 3. The second-order valence-electron chi connectivity index (χ2n) is 7.74. The monoisotopic (exact) mass is 406 g/mol. The molecule has 3 aromatic carbocycles. The summed E-state index contributed by atoms with van der Waals surface area (Å²) in [6, 6.07) is 30.5. The van der Waals surface area contributed by atoms with Gasteiger partial charge in [0.15, 0.2) is 0 Å². The lowest BCUT2D eigenvalue weighted by atomic mass is 10.2. The Labute approximate surface area is 173 Å². The zero-order valence-corrected chi connectivity index (χ0v) is 18.4. The van der Waals surface area contributed by atoms with E-state index in [1.807, 2.05) is 42.5 Å². The first kappa shape index (κ1) is 20.6. The number of hydrogen-bond acceptors (Lipinski definition) is 3. The fourth-order valence-electron chi connectivity index (χ4n) is 3.58. The van der Waals surface area contributed by atoms with E-state index in [1.165, 1.54) is 22.1 Å². The summed E-state index contributed by atoms with van der Waals surface area (Å²) in [6.07, 6.45) is 0. The van der Waals surface area contributed by atoms with E-state index >= 15 is 0 Å². The van der Waals surface area contributed by atoms with Gasteiger partial charge >= 0.3 is 0 Å². The molecule has 4 heteroatoms. The first-order valence-electron chi connectivity index (χ1n) is 9.44. The van der Waals surface area contributed by atoms with E-state index in [1.54, 1.807) is 0 Å². The lowest BCUT2D eigenvalue weighted by molar-refractivity contribution is -0.112. The van der Waals surface area contributed by atoms with E-state index in [0.29, 0.717) is 0 Å². The van der Waals surface area contributed by atoms with Crippen molar-refractivity contribution >= 4 is 35.6 Å². The first-order chi connectivity index (χ1) is 13.4. The Morgan fingerprint density at radius 2 is 1.21 bits per heavy atom. The van der Waals surface area contributed by atoms with Crippen LogP contribution in [0.5, 0.6) is 0 Å². The highest BCUT2D eigenvalue weighted by molar-refractivity contribution is 8.13. The SMILES string of the molecule is CC(C)(C)[Si](OCC(=O)Sc1ccccc1)(c1ccccc1)c1ccccc1. The van der Waals surface area contributed by atoms with Crippen molar-refractivity contribution in [1.82, 2.24) is 0 Å². The van der Waals surface area contributed by atoms with Gasteiger partial charge in [-0.3, -0.25) is 4.79 Å². The van der Waals surface area contributed by atoms with Crippen molar-refractivity contribution in [3.8, 4) is 0 Å². The lowest BCUT2D eigenvalue weighted by Crippen LogP contribution is -2.66. The van der Waals surface area contributed by atoms with Crippen LogP contribution in [0, 0.1) is 0 Å². The molecule has 144 valence electrons. The minimum Gasteiger partial charge on any atom is -0.399 e. The minimum absolute atomic E-state index is 0.0270. The molecule has 0 bridgehead atoms. The van der Waals surface area contributed by atoms with Crippen LogP contribution in [0.1, 0.15) is 20.8 Å². The molecule has 3 aromatic rings. The van der Waals surface area contributed by atoms with Crippen molar-refractivity contribution in [2.75, 3.05) is 6.61 Å². The van der Waals surface area contributed by atoms with Crippen LogP contribution in [0.4, 0.5) is 0 Å². The van der Waals surface area contributed by atoms with E-state index in [2.05, 4.69) is 69.3 Å². The van der Waals surface area contributed by atoms with Crippen molar-refractivity contribution < 1.29 is 9.22 Å². The Kier molecular flexibility index (Phi) is 6.55. The first-order valence-corrected chi connectivity index (χ1v) is 12.2. The second-order valence-corrected chi connectivity index (χ2v) is 13.2. The molecule has 3 rings (SSSR count). The number of hydrogen-bond donors (Lipinski definition) is 0. The molecule has 0 saturated heterocycles. The smallest absolute Gasteiger partial charge is 0.261 e. The van der Waals surface area contributed by atoms with Gasteiger partial charge in [-0.15, -0.1) is 0 Å². The molecule has 0 aromatic heterocycles. The Hall–Kier alpha value is -2.14. The maximum Gasteiger partial charge on any atom is 0.261 e. The number of carbonyl (C=O) groups excluding carboxylic acids is 1. The van der Waals surface area contributed by atoms with Gasteiger partial charge in [0, 0.05) is 4.90 Å². The minimum atomic E-state index is -2.66. The molecular formula is C24H26O2SSi. The summed E-state index contributed by atoms with van der Waals surface area (Å²) in [5, 5.41) is 2.27. The quantitative estimate of drug-likeness (QED) is 0.431.